The fourth-order valence-electron chi connectivity index (χ4n) is 3.22. The fourth-order valence-corrected chi connectivity index (χ4v) is 3.34. The lowest BCUT2D eigenvalue weighted by atomic mass is 10.1. The number of hydrogen-bond acceptors (Lipinski definition) is 4. The number of aryl methyl sites for hydroxylation is 1. The van der Waals surface area contributed by atoms with Gasteiger partial charge in [0.15, 0.2) is 6.61 Å². The Balaban J connectivity index is 1.47. The largest absolute Gasteiger partial charge is 0.492 e. The normalized spacial score (nSPS) is 12.7. The van der Waals surface area contributed by atoms with Crippen molar-refractivity contribution in [2.75, 3.05) is 30.0 Å². The van der Waals surface area contributed by atoms with Gasteiger partial charge < -0.3 is 19.7 Å². The minimum absolute atomic E-state index is 0.0337. The van der Waals surface area contributed by atoms with Gasteiger partial charge >= 0.3 is 0 Å². The zero-order chi connectivity index (χ0) is 21.8. The van der Waals surface area contributed by atoms with Gasteiger partial charge in [-0.25, -0.2) is 0 Å². The average molecular weight is 437 g/mol. The van der Waals surface area contributed by atoms with Gasteiger partial charge in [-0.3, -0.25) is 9.59 Å². The van der Waals surface area contributed by atoms with Crippen molar-refractivity contribution >= 4 is 34.8 Å². The van der Waals surface area contributed by atoms with Crippen LogP contribution in [-0.4, -0.2) is 31.6 Å². The number of nitrogens with one attached hydrogen (secondary N) is 1. The maximum atomic E-state index is 12.5. The van der Waals surface area contributed by atoms with E-state index in [2.05, 4.69) is 5.32 Å². The second-order valence-electron chi connectivity index (χ2n) is 7.14. The third-order valence-electron chi connectivity index (χ3n) is 4.87. The summed E-state index contributed by atoms with van der Waals surface area (Å²) in [7, 11) is 0. The molecule has 1 N–H and O–H groups in total. The first kappa shape index (κ1) is 20.8. The van der Waals surface area contributed by atoms with Gasteiger partial charge in [-0.2, -0.15) is 0 Å². The molecule has 3 aromatic carbocycles. The topological polar surface area (TPSA) is 67.9 Å². The highest BCUT2D eigenvalue weighted by Crippen LogP contribution is 2.34. The Labute approximate surface area is 185 Å². The van der Waals surface area contributed by atoms with Gasteiger partial charge in [0.05, 0.1) is 12.2 Å². The molecule has 4 rings (SSSR count). The lowest BCUT2D eigenvalue weighted by Gasteiger charge is -2.29. The summed E-state index contributed by atoms with van der Waals surface area (Å²) in [5.74, 6) is 0.894. The van der Waals surface area contributed by atoms with Crippen LogP contribution < -0.4 is 19.7 Å². The minimum atomic E-state index is -0.270. The third kappa shape index (κ3) is 4.98. The van der Waals surface area contributed by atoms with Gasteiger partial charge in [-0.1, -0.05) is 29.3 Å². The van der Waals surface area contributed by atoms with Crippen molar-refractivity contribution in [3.63, 3.8) is 0 Å². The standard InChI is InChI=1S/C24H21ClN2O4/c1-16-2-9-20(10-3-16)30-13-12-27-21-14-19(8-11-22(21)31-15-23(27)28)26-24(29)17-4-6-18(25)7-5-17/h2-11,14H,12-13,15H2,1H3,(H,26,29). The monoisotopic (exact) mass is 436 g/mol. The van der Waals surface area contributed by atoms with Gasteiger partial charge in [-0.15, -0.1) is 0 Å². The summed E-state index contributed by atoms with van der Waals surface area (Å²) in [6.07, 6.45) is 0. The number of rotatable bonds is 6. The Morgan fingerprint density at radius 1 is 1.10 bits per heavy atom. The molecule has 1 heterocycles. The molecule has 0 saturated carbocycles. The highest BCUT2D eigenvalue weighted by atomic mass is 35.5. The van der Waals surface area contributed by atoms with E-state index < -0.39 is 0 Å². The molecule has 0 bridgehead atoms. The van der Waals surface area contributed by atoms with E-state index in [1.54, 1.807) is 47.4 Å². The lowest BCUT2D eigenvalue weighted by molar-refractivity contribution is -0.121. The summed E-state index contributed by atoms with van der Waals surface area (Å²) in [6.45, 7) is 2.66. The molecule has 2 amide bonds. The van der Waals surface area contributed by atoms with Gasteiger partial charge in [0.1, 0.15) is 18.1 Å². The number of hydrogen-bond donors (Lipinski definition) is 1. The molecule has 0 radical (unpaired) electrons. The van der Waals surface area contributed by atoms with Gasteiger partial charge in [0, 0.05) is 16.3 Å². The second-order valence-corrected chi connectivity index (χ2v) is 7.58. The maximum absolute atomic E-state index is 12.5. The first-order valence-electron chi connectivity index (χ1n) is 9.83. The molecule has 0 spiro atoms. The number of nitrogens with zero attached hydrogens (tertiary/aromatic N) is 1. The number of benzene rings is 3. The van der Waals surface area contributed by atoms with E-state index in [1.807, 2.05) is 31.2 Å². The zero-order valence-electron chi connectivity index (χ0n) is 16.9. The van der Waals surface area contributed by atoms with Crippen molar-refractivity contribution in [1.82, 2.24) is 0 Å². The SMILES string of the molecule is Cc1ccc(OCCN2C(=O)COc3ccc(NC(=O)c4ccc(Cl)cc4)cc32)cc1. The van der Waals surface area contributed by atoms with Crippen LogP contribution in [0.4, 0.5) is 11.4 Å². The van der Waals surface area contributed by atoms with Crippen LogP contribution in [0, 0.1) is 6.92 Å². The summed E-state index contributed by atoms with van der Waals surface area (Å²) >= 11 is 5.88. The molecule has 0 aromatic heterocycles. The molecule has 0 saturated heterocycles. The molecule has 31 heavy (non-hydrogen) atoms. The molecule has 158 valence electrons. The molecule has 0 fully saturated rings. The Bertz CT molecular complexity index is 1100. The molecule has 3 aromatic rings. The third-order valence-corrected chi connectivity index (χ3v) is 5.12. The van der Waals surface area contributed by atoms with Crippen LogP contribution in [0.3, 0.4) is 0 Å². The molecular weight excluding hydrogens is 416 g/mol. The van der Waals surface area contributed by atoms with Crippen LogP contribution in [-0.2, 0) is 4.79 Å². The fraction of sp³-hybridized carbons (Fsp3) is 0.167. The lowest BCUT2D eigenvalue weighted by Crippen LogP contribution is -2.41. The molecular formula is C24H21ClN2O4. The summed E-state index contributed by atoms with van der Waals surface area (Å²) < 4.78 is 11.3. The number of carbonyl (C=O) groups is 2. The Morgan fingerprint density at radius 2 is 1.84 bits per heavy atom. The van der Waals surface area contributed by atoms with E-state index in [9.17, 15) is 9.59 Å². The van der Waals surface area contributed by atoms with Crippen LogP contribution in [0.2, 0.25) is 5.02 Å². The molecule has 1 aliphatic heterocycles. The first-order valence-corrected chi connectivity index (χ1v) is 10.2. The van der Waals surface area contributed by atoms with Crippen molar-refractivity contribution < 1.29 is 19.1 Å². The van der Waals surface area contributed by atoms with Gasteiger partial charge in [0.2, 0.25) is 0 Å². The van der Waals surface area contributed by atoms with E-state index in [0.717, 1.165) is 11.3 Å². The first-order chi connectivity index (χ1) is 15.0. The molecule has 7 heteroatoms. The molecule has 0 unspecified atom stereocenters. The van der Waals surface area contributed by atoms with E-state index in [0.29, 0.717) is 40.9 Å². The highest BCUT2D eigenvalue weighted by molar-refractivity contribution is 6.30. The zero-order valence-corrected chi connectivity index (χ0v) is 17.7. The minimum Gasteiger partial charge on any atom is -0.492 e. The number of amides is 2. The van der Waals surface area contributed by atoms with E-state index in [4.69, 9.17) is 21.1 Å². The van der Waals surface area contributed by atoms with Gasteiger partial charge in [0.25, 0.3) is 11.8 Å². The van der Waals surface area contributed by atoms with Crippen molar-refractivity contribution in [3.05, 3.63) is 82.9 Å². The van der Waals surface area contributed by atoms with Crippen LogP contribution in [0.15, 0.2) is 66.7 Å². The van der Waals surface area contributed by atoms with Crippen LogP contribution >= 0.6 is 11.6 Å². The van der Waals surface area contributed by atoms with Crippen LogP contribution in [0.5, 0.6) is 11.5 Å². The number of halogens is 1. The Hall–Kier alpha value is -3.51. The molecule has 6 nitrogen and oxygen atoms in total. The highest BCUT2D eigenvalue weighted by Gasteiger charge is 2.26. The van der Waals surface area contributed by atoms with Gasteiger partial charge in [-0.05, 0) is 61.5 Å². The molecule has 0 atom stereocenters. The van der Waals surface area contributed by atoms with Crippen molar-refractivity contribution in [1.29, 1.82) is 0 Å². The van der Waals surface area contributed by atoms with E-state index in [-0.39, 0.29) is 18.4 Å². The predicted octanol–water partition coefficient (Wildman–Crippen LogP) is 4.71. The van der Waals surface area contributed by atoms with Crippen molar-refractivity contribution in [3.8, 4) is 11.5 Å². The molecule has 1 aliphatic rings. The maximum Gasteiger partial charge on any atom is 0.265 e. The summed E-state index contributed by atoms with van der Waals surface area (Å²) in [6, 6.07) is 19.6. The number of carbonyl (C=O) groups excluding carboxylic acids is 2. The number of ether oxygens (including phenoxy) is 2. The molecule has 0 aliphatic carbocycles. The number of fused-ring (bicyclic) bond motifs is 1. The predicted molar refractivity (Wildman–Crippen MR) is 120 cm³/mol. The van der Waals surface area contributed by atoms with Crippen LogP contribution in [0.1, 0.15) is 15.9 Å². The summed E-state index contributed by atoms with van der Waals surface area (Å²) in [5.41, 5.74) is 2.79. The average Bonchev–Trinajstić information content (AvgIpc) is 2.77. The van der Waals surface area contributed by atoms with Crippen LogP contribution in [0.25, 0.3) is 0 Å². The second kappa shape index (κ2) is 9.10. The van der Waals surface area contributed by atoms with Crippen molar-refractivity contribution in [2.45, 2.75) is 6.92 Å². The quantitative estimate of drug-likeness (QED) is 0.608. The van der Waals surface area contributed by atoms with Crippen molar-refractivity contribution in [2.24, 2.45) is 0 Å². The summed E-state index contributed by atoms with van der Waals surface area (Å²) in [5, 5.41) is 3.40. The Kier molecular flexibility index (Phi) is 6.09. The summed E-state index contributed by atoms with van der Waals surface area (Å²) in [4.78, 5) is 26.6. The van der Waals surface area contributed by atoms with E-state index in [1.165, 1.54) is 0 Å². The Morgan fingerprint density at radius 3 is 2.58 bits per heavy atom. The van der Waals surface area contributed by atoms with E-state index >= 15 is 0 Å². The smallest absolute Gasteiger partial charge is 0.265 e. The number of anilines is 2.